The number of aromatic nitrogens is 1. The van der Waals surface area contributed by atoms with Crippen LogP contribution in [0.15, 0.2) is 28.9 Å². The van der Waals surface area contributed by atoms with Gasteiger partial charge >= 0.3 is 5.97 Å². The molecule has 1 saturated carbocycles. The van der Waals surface area contributed by atoms with E-state index in [0.717, 1.165) is 12.8 Å². The Morgan fingerprint density at radius 3 is 2.66 bits per heavy atom. The highest BCUT2D eigenvalue weighted by Gasteiger charge is 2.32. The average molecular weight is 397 g/mol. The highest BCUT2D eigenvalue weighted by atomic mass is 16.5. The Bertz CT molecular complexity index is 923. The van der Waals surface area contributed by atoms with E-state index < -0.39 is 12.1 Å². The molecule has 0 saturated heterocycles. The minimum atomic E-state index is -0.970. The van der Waals surface area contributed by atoms with Crippen LogP contribution < -0.4 is 5.32 Å². The van der Waals surface area contributed by atoms with E-state index in [-0.39, 0.29) is 34.7 Å². The standard InChI is InChI=1S/C22H27N3O4/c1-13-8-7-9-18(14(13)2)24-20(26)16(4)29-22(27)19-15(3)28-21(17(19)12-23)25-10-5-6-11-25/h5-6,10-11,13-14,16,18H,7-9H2,1-4H3,(H,24,26)/t13-,14-,16-,18-/m0/s1. The Kier molecular flexibility index (Phi) is 6.12. The first kappa shape index (κ1) is 20.7. The zero-order valence-electron chi connectivity index (χ0n) is 17.3. The van der Waals surface area contributed by atoms with E-state index in [9.17, 15) is 14.9 Å². The SMILES string of the molecule is Cc1oc(-n2cccc2)c(C#N)c1C(=O)O[C@@H](C)C(=O)N[C@H]1CCC[C@H](C)[C@@H]1C. The molecule has 1 N–H and O–H groups in total. The van der Waals surface area contributed by atoms with Crippen LogP contribution in [0.1, 0.15) is 61.7 Å². The Morgan fingerprint density at radius 2 is 2.00 bits per heavy atom. The summed E-state index contributed by atoms with van der Waals surface area (Å²) in [6.45, 7) is 7.47. The maximum absolute atomic E-state index is 12.7. The van der Waals surface area contributed by atoms with Crippen LogP contribution >= 0.6 is 0 Å². The quantitative estimate of drug-likeness (QED) is 0.775. The van der Waals surface area contributed by atoms with Crippen molar-refractivity contribution < 1.29 is 18.7 Å². The number of furan rings is 1. The van der Waals surface area contributed by atoms with Gasteiger partial charge in [0.1, 0.15) is 23.0 Å². The van der Waals surface area contributed by atoms with Gasteiger partial charge < -0.3 is 14.5 Å². The van der Waals surface area contributed by atoms with E-state index in [1.165, 1.54) is 6.42 Å². The second-order valence-electron chi connectivity index (χ2n) is 7.85. The van der Waals surface area contributed by atoms with E-state index in [1.807, 2.05) is 6.07 Å². The molecule has 4 atom stereocenters. The third-order valence-electron chi connectivity index (χ3n) is 5.91. The molecule has 154 valence electrons. The number of rotatable bonds is 5. The van der Waals surface area contributed by atoms with E-state index in [1.54, 1.807) is 42.9 Å². The summed E-state index contributed by atoms with van der Waals surface area (Å²) in [4.78, 5) is 25.3. The molecule has 2 heterocycles. The molecule has 2 aromatic heterocycles. The van der Waals surface area contributed by atoms with Crippen LogP contribution in [0.5, 0.6) is 0 Å². The zero-order chi connectivity index (χ0) is 21.1. The van der Waals surface area contributed by atoms with Gasteiger partial charge in [-0.1, -0.05) is 26.7 Å². The highest BCUT2D eigenvalue weighted by Crippen LogP contribution is 2.30. The fourth-order valence-electron chi connectivity index (χ4n) is 3.89. The number of amides is 1. The van der Waals surface area contributed by atoms with Crippen LogP contribution in [-0.2, 0) is 9.53 Å². The zero-order valence-corrected chi connectivity index (χ0v) is 17.3. The summed E-state index contributed by atoms with van der Waals surface area (Å²) in [5.41, 5.74) is 0.140. The Labute approximate surface area is 170 Å². The summed E-state index contributed by atoms with van der Waals surface area (Å²) >= 11 is 0. The molecule has 7 nitrogen and oxygen atoms in total. The van der Waals surface area contributed by atoms with Crippen molar-refractivity contribution in [2.24, 2.45) is 11.8 Å². The first-order chi connectivity index (χ1) is 13.8. The number of carbonyl (C=O) groups is 2. The fourth-order valence-corrected chi connectivity index (χ4v) is 3.89. The molecule has 29 heavy (non-hydrogen) atoms. The van der Waals surface area contributed by atoms with Crippen LogP contribution in [-0.4, -0.2) is 28.6 Å². The van der Waals surface area contributed by atoms with E-state index in [0.29, 0.717) is 11.8 Å². The number of nitrogens with zero attached hydrogens (tertiary/aromatic N) is 2. The number of aryl methyl sites for hydroxylation is 1. The summed E-state index contributed by atoms with van der Waals surface area (Å²) in [5, 5.41) is 12.6. The van der Waals surface area contributed by atoms with Gasteiger partial charge in [-0.3, -0.25) is 9.36 Å². The summed E-state index contributed by atoms with van der Waals surface area (Å²) in [7, 11) is 0. The number of esters is 1. The molecule has 7 heteroatoms. The van der Waals surface area contributed by atoms with Gasteiger partial charge in [0, 0.05) is 18.4 Å². The van der Waals surface area contributed by atoms with Crippen molar-refractivity contribution in [2.45, 2.75) is 59.1 Å². The van der Waals surface area contributed by atoms with E-state index in [2.05, 4.69) is 19.2 Å². The topological polar surface area (TPSA) is 97.3 Å². The van der Waals surface area contributed by atoms with Crippen LogP contribution in [0.25, 0.3) is 5.88 Å². The minimum absolute atomic E-state index is 0.0514. The Morgan fingerprint density at radius 1 is 1.31 bits per heavy atom. The molecule has 0 bridgehead atoms. The van der Waals surface area contributed by atoms with Crippen molar-refractivity contribution in [3.8, 4) is 12.0 Å². The molecule has 2 aromatic rings. The summed E-state index contributed by atoms with van der Waals surface area (Å²) in [6, 6.07) is 5.68. The summed E-state index contributed by atoms with van der Waals surface area (Å²) < 4.78 is 12.6. The van der Waals surface area contributed by atoms with Crippen LogP contribution in [0.3, 0.4) is 0 Å². The molecule has 0 aromatic carbocycles. The monoisotopic (exact) mass is 397 g/mol. The lowest BCUT2D eigenvalue weighted by atomic mass is 9.78. The summed E-state index contributed by atoms with van der Waals surface area (Å²) in [6.07, 6.45) is 5.64. The van der Waals surface area contributed by atoms with E-state index >= 15 is 0 Å². The molecule has 0 spiro atoms. The van der Waals surface area contributed by atoms with Gasteiger partial charge in [0.15, 0.2) is 6.10 Å². The number of hydrogen-bond acceptors (Lipinski definition) is 5. The maximum Gasteiger partial charge on any atom is 0.343 e. The van der Waals surface area contributed by atoms with Crippen LogP contribution in [0, 0.1) is 30.1 Å². The normalized spacial score (nSPS) is 22.5. The third kappa shape index (κ3) is 4.21. The lowest BCUT2D eigenvalue weighted by molar-refractivity contribution is -0.130. The highest BCUT2D eigenvalue weighted by molar-refractivity contribution is 5.96. The van der Waals surface area contributed by atoms with Gasteiger partial charge in [-0.2, -0.15) is 5.26 Å². The number of carbonyl (C=O) groups excluding carboxylic acids is 2. The largest absolute Gasteiger partial charge is 0.449 e. The Hall–Kier alpha value is -3.01. The van der Waals surface area contributed by atoms with Gasteiger partial charge in [-0.05, 0) is 44.2 Å². The molecular weight excluding hydrogens is 370 g/mol. The minimum Gasteiger partial charge on any atom is -0.449 e. The molecule has 1 aliphatic rings. The van der Waals surface area contributed by atoms with Crippen molar-refractivity contribution in [1.29, 1.82) is 5.26 Å². The first-order valence-electron chi connectivity index (χ1n) is 10.0. The first-order valence-corrected chi connectivity index (χ1v) is 10.0. The van der Waals surface area contributed by atoms with Crippen molar-refractivity contribution >= 4 is 11.9 Å². The van der Waals surface area contributed by atoms with Crippen molar-refractivity contribution in [2.75, 3.05) is 0 Å². The molecular formula is C22H27N3O4. The Balaban J connectivity index is 1.71. The lowest BCUT2D eigenvalue weighted by Crippen LogP contribution is -2.47. The van der Waals surface area contributed by atoms with Gasteiger partial charge in [0.05, 0.1) is 0 Å². The van der Waals surface area contributed by atoms with Crippen molar-refractivity contribution in [1.82, 2.24) is 9.88 Å². The van der Waals surface area contributed by atoms with Gasteiger partial charge in [-0.15, -0.1) is 0 Å². The number of nitrogens with one attached hydrogen (secondary N) is 1. The molecule has 3 rings (SSSR count). The fraction of sp³-hybridized carbons (Fsp3) is 0.500. The van der Waals surface area contributed by atoms with Crippen molar-refractivity contribution in [3.05, 3.63) is 41.4 Å². The van der Waals surface area contributed by atoms with E-state index in [4.69, 9.17) is 9.15 Å². The number of hydrogen-bond donors (Lipinski definition) is 1. The van der Waals surface area contributed by atoms with Gasteiger partial charge in [0.25, 0.3) is 5.91 Å². The molecule has 1 fully saturated rings. The van der Waals surface area contributed by atoms with Crippen LogP contribution in [0.4, 0.5) is 0 Å². The summed E-state index contributed by atoms with van der Waals surface area (Å²) in [5.74, 6) is 0.386. The van der Waals surface area contributed by atoms with Gasteiger partial charge in [0.2, 0.25) is 5.88 Å². The molecule has 0 unspecified atom stereocenters. The number of ether oxygens (including phenoxy) is 1. The molecule has 0 aliphatic heterocycles. The second-order valence-corrected chi connectivity index (χ2v) is 7.85. The van der Waals surface area contributed by atoms with Crippen LogP contribution in [0.2, 0.25) is 0 Å². The van der Waals surface area contributed by atoms with Crippen molar-refractivity contribution in [3.63, 3.8) is 0 Å². The predicted molar refractivity (Wildman–Crippen MR) is 106 cm³/mol. The maximum atomic E-state index is 12.7. The number of nitriles is 1. The molecule has 0 radical (unpaired) electrons. The smallest absolute Gasteiger partial charge is 0.343 e. The molecule has 1 amide bonds. The predicted octanol–water partition coefficient (Wildman–Crippen LogP) is 3.74. The molecule has 1 aliphatic carbocycles. The third-order valence-corrected chi connectivity index (χ3v) is 5.91. The van der Waals surface area contributed by atoms with Gasteiger partial charge in [-0.25, -0.2) is 4.79 Å². The lowest BCUT2D eigenvalue weighted by Gasteiger charge is -2.35. The average Bonchev–Trinajstić information content (AvgIpc) is 3.32. The second kappa shape index (κ2) is 8.56.